The number of aromatic nitrogens is 1. The van der Waals surface area contributed by atoms with Gasteiger partial charge >= 0.3 is 0 Å². The highest BCUT2D eigenvalue weighted by molar-refractivity contribution is 7.90. The highest BCUT2D eigenvalue weighted by Gasteiger charge is 2.27. The number of carbonyl (C=O) groups is 1. The summed E-state index contributed by atoms with van der Waals surface area (Å²) in [4.78, 5) is 12.1. The van der Waals surface area contributed by atoms with Crippen LogP contribution in [-0.4, -0.2) is 25.6 Å². The Morgan fingerprint density at radius 1 is 1.40 bits per heavy atom. The van der Waals surface area contributed by atoms with Crippen LogP contribution >= 0.6 is 11.6 Å². The molecule has 2 aromatic rings. The topological polar surface area (TPSA) is 98.5 Å². The zero-order valence-electron chi connectivity index (χ0n) is 13.9. The van der Waals surface area contributed by atoms with Gasteiger partial charge in [0.15, 0.2) is 0 Å². The predicted octanol–water partition coefficient (Wildman–Crippen LogP) is 2.32. The lowest BCUT2D eigenvalue weighted by Crippen LogP contribution is -2.32. The van der Waals surface area contributed by atoms with Gasteiger partial charge in [0.2, 0.25) is 5.91 Å². The molecule has 1 aliphatic heterocycles. The number of benzene rings is 1. The molecule has 0 aliphatic carbocycles. The summed E-state index contributed by atoms with van der Waals surface area (Å²) < 4.78 is 37.6. The lowest BCUT2D eigenvalue weighted by Gasteiger charge is -2.09. The molecular formula is C16H17ClN2O5S. The van der Waals surface area contributed by atoms with Crippen molar-refractivity contribution in [3.05, 3.63) is 39.7 Å². The molecule has 9 heteroatoms. The Morgan fingerprint density at radius 2 is 2.12 bits per heavy atom. The second-order valence-corrected chi connectivity index (χ2v) is 8.12. The fourth-order valence-corrected chi connectivity index (χ4v) is 4.18. The van der Waals surface area contributed by atoms with Crippen molar-refractivity contribution in [3.63, 3.8) is 0 Å². The average molecular weight is 385 g/mol. The first kappa shape index (κ1) is 17.8. The summed E-state index contributed by atoms with van der Waals surface area (Å²) in [6.07, 6.45) is 0.351. The maximum atomic E-state index is 12.5. The van der Waals surface area contributed by atoms with Gasteiger partial charge in [-0.25, -0.2) is 13.1 Å². The van der Waals surface area contributed by atoms with E-state index in [1.54, 1.807) is 13.8 Å². The zero-order chi connectivity index (χ0) is 18.4. The Labute approximate surface area is 150 Å². The summed E-state index contributed by atoms with van der Waals surface area (Å²) >= 11 is 6.12. The Balaban J connectivity index is 1.82. The maximum Gasteiger partial charge on any atom is 0.264 e. The Hall–Kier alpha value is -2.06. The number of carbonyl (C=O) groups excluding carboxylic acids is 1. The molecule has 25 heavy (non-hydrogen) atoms. The third-order valence-corrected chi connectivity index (χ3v) is 5.63. The molecule has 0 saturated heterocycles. The van der Waals surface area contributed by atoms with Crippen molar-refractivity contribution in [3.8, 4) is 5.75 Å². The normalized spacial score (nSPS) is 16.4. The second kappa shape index (κ2) is 6.34. The number of rotatable bonds is 4. The molecule has 1 aromatic heterocycles. The fourth-order valence-electron chi connectivity index (χ4n) is 2.77. The molecule has 1 N–H and O–H groups in total. The molecule has 1 aromatic carbocycles. The molecule has 3 rings (SSSR count). The van der Waals surface area contributed by atoms with Crippen molar-refractivity contribution < 1.29 is 22.5 Å². The van der Waals surface area contributed by atoms with Crippen molar-refractivity contribution in [2.24, 2.45) is 0 Å². The van der Waals surface area contributed by atoms with E-state index >= 15 is 0 Å². The van der Waals surface area contributed by atoms with Gasteiger partial charge in [0.05, 0.1) is 22.0 Å². The van der Waals surface area contributed by atoms with E-state index in [4.69, 9.17) is 20.9 Å². The molecule has 0 radical (unpaired) electrons. The van der Waals surface area contributed by atoms with Gasteiger partial charge in [-0.1, -0.05) is 16.8 Å². The minimum absolute atomic E-state index is 0.0685. The second-order valence-electron chi connectivity index (χ2n) is 6.03. The van der Waals surface area contributed by atoms with Crippen LogP contribution in [0.1, 0.15) is 29.5 Å². The maximum absolute atomic E-state index is 12.5. The quantitative estimate of drug-likeness (QED) is 0.868. The number of ether oxygens (including phenoxy) is 1. The fraction of sp³-hybridized carbons (Fsp3) is 0.375. The summed E-state index contributed by atoms with van der Waals surface area (Å²) in [6.45, 7) is 5.23. The molecule has 7 nitrogen and oxygen atoms in total. The van der Waals surface area contributed by atoms with E-state index in [9.17, 15) is 13.2 Å². The van der Waals surface area contributed by atoms with Crippen molar-refractivity contribution in [1.82, 2.24) is 9.88 Å². The van der Waals surface area contributed by atoms with E-state index in [0.29, 0.717) is 34.8 Å². The van der Waals surface area contributed by atoms with Crippen LogP contribution in [0.15, 0.2) is 21.6 Å². The lowest BCUT2D eigenvalue weighted by atomic mass is 10.1. The van der Waals surface area contributed by atoms with Crippen LogP contribution in [0.4, 0.5) is 0 Å². The van der Waals surface area contributed by atoms with Crippen LogP contribution in [-0.2, 0) is 27.7 Å². The van der Waals surface area contributed by atoms with Gasteiger partial charge in [-0.2, -0.15) is 0 Å². The summed E-state index contributed by atoms with van der Waals surface area (Å²) in [5, 5.41) is 3.95. The molecule has 0 spiro atoms. The number of amides is 1. The first-order valence-corrected chi connectivity index (χ1v) is 9.50. The molecule has 1 atom stereocenters. The van der Waals surface area contributed by atoms with E-state index in [0.717, 1.165) is 0 Å². The Kier molecular flexibility index (Phi) is 4.51. The van der Waals surface area contributed by atoms with E-state index in [2.05, 4.69) is 9.88 Å². The van der Waals surface area contributed by atoms with Crippen LogP contribution in [0.3, 0.4) is 0 Å². The summed E-state index contributed by atoms with van der Waals surface area (Å²) in [7, 11) is -4.04. The van der Waals surface area contributed by atoms with Crippen LogP contribution in [0, 0.1) is 13.8 Å². The van der Waals surface area contributed by atoms with Crippen molar-refractivity contribution in [2.75, 3.05) is 0 Å². The molecule has 0 fully saturated rings. The smallest absolute Gasteiger partial charge is 0.264 e. The van der Waals surface area contributed by atoms with Gasteiger partial charge in [-0.05, 0) is 32.9 Å². The first-order chi connectivity index (χ1) is 11.7. The molecule has 2 heterocycles. The molecule has 0 bridgehead atoms. The minimum Gasteiger partial charge on any atom is -0.489 e. The number of nitrogens with zero attached hydrogens (tertiary/aromatic N) is 1. The first-order valence-electron chi connectivity index (χ1n) is 7.64. The van der Waals surface area contributed by atoms with Gasteiger partial charge in [0, 0.05) is 17.5 Å². The van der Waals surface area contributed by atoms with Crippen molar-refractivity contribution in [1.29, 1.82) is 0 Å². The van der Waals surface area contributed by atoms with Gasteiger partial charge in [0.25, 0.3) is 10.0 Å². The Bertz CT molecular complexity index is 932. The standard InChI is InChI=1S/C16H17ClN2O5S/c1-8-4-11-5-12(6-14(17)16(11)23-8)25(21,22)19-15(20)7-13-9(2)18-24-10(13)3/h5-6,8H,4,7H2,1-3H3,(H,19,20)/t8-/m1/s1. The zero-order valence-corrected chi connectivity index (χ0v) is 15.5. The van der Waals surface area contributed by atoms with Crippen LogP contribution < -0.4 is 9.46 Å². The molecule has 1 aliphatic rings. The van der Waals surface area contributed by atoms with Gasteiger partial charge in [-0.15, -0.1) is 0 Å². The average Bonchev–Trinajstić information content (AvgIpc) is 3.03. The number of aryl methyl sites for hydroxylation is 2. The number of hydrogen-bond donors (Lipinski definition) is 1. The molecular weight excluding hydrogens is 368 g/mol. The van der Waals surface area contributed by atoms with E-state index in [-0.39, 0.29) is 22.4 Å². The van der Waals surface area contributed by atoms with Gasteiger partial charge in [0.1, 0.15) is 17.6 Å². The van der Waals surface area contributed by atoms with E-state index in [1.807, 2.05) is 6.92 Å². The summed E-state index contributed by atoms with van der Waals surface area (Å²) in [5.74, 6) is 0.308. The number of sulfonamides is 1. The van der Waals surface area contributed by atoms with Crippen LogP contribution in [0.5, 0.6) is 5.75 Å². The van der Waals surface area contributed by atoms with Crippen molar-refractivity contribution >= 4 is 27.5 Å². The molecule has 134 valence electrons. The largest absolute Gasteiger partial charge is 0.489 e. The van der Waals surface area contributed by atoms with E-state index < -0.39 is 15.9 Å². The number of fused-ring (bicyclic) bond motifs is 1. The highest BCUT2D eigenvalue weighted by Crippen LogP contribution is 2.37. The van der Waals surface area contributed by atoms with Gasteiger partial charge < -0.3 is 9.26 Å². The Morgan fingerprint density at radius 3 is 2.76 bits per heavy atom. The number of halogens is 1. The summed E-state index contributed by atoms with van der Waals surface area (Å²) in [6, 6.07) is 2.76. The number of hydrogen-bond acceptors (Lipinski definition) is 6. The predicted molar refractivity (Wildman–Crippen MR) is 90.3 cm³/mol. The van der Waals surface area contributed by atoms with Crippen LogP contribution in [0.2, 0.25) is 5.02 Å². The van der Waals surface area contributed by atoms with E-state index in [1.165, 1.54) is 12.1 Å². The lowest BCUT2D eigenvalue weighted by molar-refractivity contribution is -0.118. The molecule has 0 saturated carbocycles. The summed E-state index contributed by atoms with van der Waals surface area (Å²) in [5.41, 5.74) is 1.83. The van der Waals surface area contributed by atoms with Gasteiger partial charge in [-0.3, -0.25) is 4.79 Å². The molecule has 0 unspecified atom stereocenters. The third kappa shape index (κ3) is 3.50. The SMILES string of the molecule is Cc1noc(C)c1CC(=O)NS(=O)(=O)c1cc(Cl)c2c(c1)C[C@@H](C)O2. The van der Waals surface area contributed by atoms with Crippen molar-refractivity contribution in [2.45, 2.75) is 44.6 Å². The van der Waals surface area contributed by atoms with Crippen LogP contribution in [0.25, 0.3) is 0 Å². The third-order valence-electron chi connectivity index (χ3n) is 4.00. The number of nitrogens with one attached hydrogen (secondary N) is 1. The molecule has 1 amide bonds. The minimum atomic E-state index is -4.04. The monoisotopic (exact) mass is 384 g/mol. The highest BCUT2D eigenvalue weighted by atomic mass is 35.5.